The van der Waals surface area contributed by atoms with Crippen molar-refractivity contribution in [2.75, 3.05) is 13.6 Å². The Morgan fingerprint density at radius 1 is 1.28 bits per heavy atom. The Hall–Kier alpha value is -1.29. The van der Waals surface area contributed by atoms with Crippen LogP contribution in [0.15, 0.2) is 40.2 Å². The molecule has 4 rings (SSSR count). The van der Waals surface area contributed by atoms with Crippen LogP contribution in [0.1, 0.15) is 43.8 Å². The highest BCUT2D eigenvalue weighted by molar-refractivity contribution is 14.0. The van der Waals surface area contributed by atoms with Crippen molar-refractivity contribution in [3.05, 3.63) is 42.0 Å². The first kappa shape index (κ1) is 22.4. The quantitative estimate of drug-likeness (QED) is 0.353. The molecule has 1 saturated carbocycles. The van der Waals surface area contributed by atoms with Gasteiger partial charge in [-0.3, -0.25) is 4.99 Å². The summed E-state index contributed by atoms with van der Waals surface area (Å²) < 4.78 is 2.29. The number of hydrogen-bond acceptors (Lipinski definition) is 4. The summed E-state index contributed by atoms with van der Waals surface area (Å²) in [6, 6.07) is 11.1. The average Bonchev–Trinajstić information content (AvgIpc) is 3.31. The first-order valence-electron chi connectivity index (χ1n) is 10.3. The van der Waals surface area contributed by atoms with Gasteiger partial charge in [0.1, 0.15) is 11.6 Å². The molecule has 0 amide bonds. The van der Waals surface area contributed by atoms with Crippen molar-refractivity contribution in [1.82, 2.24) is 25.4 Å². The number of halogens is 1. The number of aliphatic imine (C=N–C) groups is 1. The van der Waals surface area contributed by atoms with Crippen molar-refractivity contribution in [2.24, 2.45) is 4.99 Å². The lowest BCUT2D eigenvalue weighted by atomic mass is 10.1. The molecule has 1 aliphatic carbocycles. The number of aryl methyl sites for hydroxylation is 2. The minimum Gasteiger partial charge on any atom is -0.355 e. The molecule has 0 spiro atoms. The smallest absolute Gasteiger partial charge is 0.191 e. The molecule has 2 N–H and O–H groups in total. The van der Waals surface area contributed by atoms with Crippen molar-refractivity contribution < 1.29 is 0 Å². The van der Waals surface area contributed by atoms with Gasteiger partial charge >= 0.3 is 0 Å². The molecule has 158 valence electrons. The van der Waals surface area contributed by atoms with Gasteiger partial charge in [-0.15, -0.1) is 35.7 Å². The average molecular weight is 526 g/mol. The number of nitrogens with one attached hydrogen (secondary N) is 2. The SMILES string of the molecule is CN=C(NCC1(Sc2ccccc2)CCCC1)NC1CCc2nc(C)nn2C1.I. The summed E-state index contributed by atoms with van der Waals surface area (Å²) in [6.07, 6.45) is 7.14. The first-order chi connectivity index (χ1) is 13.7. The molecule has 1 aliphatic heterocycles. The molecule has 1 fully saturated rings. The lowest BCUT2D eigenvalue weighted by Crippen LogP contribution is -2.50. The fourth-order valence-electron chi connectivity index (χ4n) is 4.26. The van der Waals surface area contributed by atoms with E-state index in [1.54, 1.807) is 0 Å². The zero-order chi connectivity index (χ0) is 19.4. The molecule has 2 heterocycles. The molecular weight excluding hydrogens is 495 g/mol. The molecule has 0 radical (unpaired) electrons. The minimum absolute atomic E-state index is 0. The highest BCUT2D eigenvalue weighted by Gasteiger charge is 2.35. The number of nitrogens with zero attached hydrogens (tertiary/aromatic N) is 4. The molecule has 2 aromatic rings. The van der Waals surface area contributed by atoms with Gasteiger partial charge in [0.2, 0.25) is 0 Å². The van der Waals surface area contributed by atoms with Crippen LogP contribution in [0, 0.1) is 6.92 Å². The topological polar surface area (TPSA) is 67.1 Å². The summed E-state index contributed by atoms with van der Waals surface area (Å²) in [5.74, 6) is 2.85. The molecule has 0 bridgehead atoms. The van der Waals surface area contributed by atoms with Crippen LogP contribution in [0.25, 0.3) is 0 Å². The number of thioether (sulfide) groups is 1. The highest BCUT2D eigenvalue weighted by Crippen LogP contribution is 2.44. The Morgan fingerprint density at radius 3 is 2.76 bits per heavy atom. The largest absolute Gasteiger partial charge is 0.355 e. The van der Waals surface area contributed by atoms with E-state index in [4.69, 9.17) is 0 Å². The maximum atomic E-state index is 4.50. The molecule has 1 unspecified atom stereocenters. The predicted octanol–water partition coefficient (Wildman–Crippen LogP) is 3.79. The number of fused-ring (bicyclic) bond motifs is 1. The lowest BCUT2D eigenvalue weighted by Gasteiger charge is -2.31. The summed E-state index contributed by atoms with van der Waals surface area (Å²) in [7, 11) is 1.86. The van der Waals surface area contributed by atoms with Crippen LogP contribution in [-0.2, 0) is 13.0 Å². The third-order valence-corrected chi connectivity index (χ3v) is 7.19. The van der Waals surface area contributed by atoms with E-state index in [1.807, 2.05) is 30.4 Å². The van der Waals surface area contributed by atoms with Crippen LogP contribution >= 0.6 is 35.7 Å². The second-order valence-corrected chi connectivity index (χ2v) is 9.41. The van der Waals surface area contributed by atoms with Gasteiger partial charge in [0.05, 0.1) is 6.54 Å². The van der Waals surface area contributed by atoms with Crippen LogP contribution in [0.4, 0.5) is 0 Å². The normalized spacial score (nSPS) is 20.6. The molecule has 1 atom stereocenters. The van der Waals surface area contributed by atoms with E-state index in [2.05, 4.69) is 56.0 Å². The lowest BCUT2D eigenvalue weighted by molar-refractivity contribution is 0.391. The molecular formula is C21H31IN6S. The Labute approximate surface area is 194 Å². The Bertz CT molecular complexity index is 816. The van der Waals surface area contributed by atoms with Crippen molar-refractivity contribution >= 4 is 41.7 Å². The molecule has 8 heteroatoms. The monoisotopic (exact) mass is 526 g/mol. The van der Waals surface area contributed by atoms with Crippen LogP contribution in [0.5, 0.6) is 0 Å². The van der Waals surface area contributed by atoms with Crippen molar-refractivity contribution in [2.45, 2.75) is 67.7 Å². The van der Waals surface area contributed by atoms with Crippen LogP contribution < -0.4 is 10.6 Å². The van der Waals surface area contributed by atoms with Crippen molar-refractivity contribution in [3.8, 4) is 0 Å². The maximum Gasteiger partial charge on any atom is 0.191 e. The van der Waals surface area contributed by atoms with Crippen molar-refractivity contribution in [1.29, 1.82) is 0 Å². The zero-order valence-electron chi connectivity index (χ0n) is 17.2. The second kappa shape index (κ2) is 10.1. The molecule has 2 aliphatic rings. The predicted molar refractivity (Wildman–Crippen MR) is 130 cm³/mol. The van der Waals surface area contributed by atoms with E-state index >= 15 is 0 Å². The molecule has 29 heavy (non-hydrogen) atoms. The summed E-state index contributed by atoms with van der Waals surface area (Å²) in [4.78, 5) is 10.3. The van der Waals surface area contributed by atoms with Crippen LogP contribution in [0.2, 0.25) is 0 Å². The summed E-state index contributed by atoms with van der Waals surface area (Å²) in [5.41, 5.74) is 0. The number of hydrogen-bond donors (Lipinski definition) is 2. The number of guanidine groups is 1. The summed E-state index contributed by atoms with van der Waals surface area (Å²) in [5, 5.41) is 11.7. The first-order valence-corrected chi connectivity index (χ1v) is 11.1. The Balaban J connectivity index is 0.00000240. The van der Waals surface area contributed by atoms with E-state index < -0.39 is 0 Å². The van der Waals surface area contributed by atoms with Gasteiger partial charge < -0.3 is 10.6 Å². The fraction of sp³-hybridized carbons (Fsp3) is 0.571. The highest BCUT2D eigenvalue weighted by atomic mass is 127. The summed E-state index contributed by atoms with van der Waals surface area (Å²) >= 11 is 2.02. The molecule has 0 saturated heterocycles. The molecule has 6 nitrogen and oxygen atoms in total. The number of benzene rings is 1. The Kier molecular flexibility index (Phi) is 7.84. The van der Waals surface area contributed by atoms with E-state index in [0.717, 1.165) is 43.5 Å². The van der Waals surface area contributed by atoms with Gasteiger partial charge in [-0.2, -0.15) is 5.10 Å². The third-order valence-electron chi connectivity index (χ3n) is 5.70. The zero-order valence-corrected chi connectivity index (χ0v) is 20.4. The Morgan fingerprint density at radius 2 is 2.03 bits per heavy atom. The molecule has 1 aromatic carbocycles. The van der Waals surface area contributed by atoms with Gasteiger partial charge in [-0.25, -0.2) is 9.67 Å². The number of aromatic nitrogens is 3. The van der Waals surface area contributed by atoms with Gasteiger partial charge in [0.15, 0.2) is 5.96 Å². The fourth-order valence-corrected chi connectivity index (χ4v) is 5.69. The minimum atomic E-state index is 0. The summed E-state index contributed by atoms with van der Waals surface area (Å²) in [6.45, 7) is 3.74. The number of rotatable bonds is 5. The van der Waals surface area contributed by atoms with Crippen molar-refractivity contribution in [3.63, 3.8) is 0 Å². The molecule has 1 aromatic heterocycles. The van der Waals surface area contributed by atoms with E-state index in [1.165, 1.54) is 30.6 Å². The van der Waals surface area contributed by atoms with E-state index in [9.17, 15) is 0 Å². The van der Waals surface area contributed by atoms with Crippen LogP contribution in [-0.4, -0.2) is 45.1 Å². The third kappa shape index (κ3) is 5.65. The van der Waals surface area contributed by atoms with Gasteiger partial charge in [0, 0.05) is 35.7 Å². The van der Waals surface area contributed by atoms with Crippen LogP contribution in [0.3, 0.4) is 0 Å². The standard InChI is InChI=1S/C21H30N6S.HI/c1-16-24-19-11-10-17(14-27(19)26-16)25-20(22-2)23-15-21(12-6-7-13-21)28-18-8-4-3-5-9-18;/h3-5,8-9,17H,6-7,10-15H2,1-2H3,(H2,22,23,25);1H. The van der Waals surface area contributed by atoms with Gasteiger partial charge in [-0.1, -0.05) is 31.0 Å². The van der Waals surface area contributed by atoms with Gasteiger partial charge in [-0.05, 0) is 38.3 Å². The van der Waals surface area contributed by atoms with E-state index in [0.29, 0.717) is 6.04 Å². The van der Waals surface area contributed by atoms with E-state index in [-0.39, 0.29) is 28.7 Å². The van der Waals surface area contributed by atoms with Gasteiger partial charge in [0.25, 0.3) is 0 Å². The second-order valence-electron chi connectivity index (χ2n) is 7.87. The maximum absolute atomic E-state index is 4.50.